The van der Waals surface area contributed by atoms with E-state index in [0.29, 0.717) is 18.9 Å². The summed E-state index contributed by atoms with van der Waals surface area (Å²) >= 11 is 0. The molecule has 2 amide bonds. The lowest BCUT2D eigenvalue weighted by molar-refractivity contribution is -0.136. The first-order chi connectivity index (χ1) is 12.1. The Hall–Kier alpha value is -1.85. The summed E-state index contributed by atoms with van der Waals surface area (Å²) in [4.78, 5) is 28.6. The van der Waals surface area contributed by atoms with Crippen LogP contribution in [-0.2, 0) is 28.9 Å². The van der Waals surface area contributed by atoms with Gasteiger partial charge in [-0.05, 0) is 50.0 Å². The number of hydrogen-bond acceptors (Lipinski definition) is 3. The molecule has 4 aliphatic rings. The van der Waals surface area contributed by atoms with Crippen molar-refractivity contribution in [3.8, 4) is 0 Å². The van der Waals surface area contributed by atoms with Gasteiger partial charge in [-0.15, -0.1) is 0 Å². The van der Waals surface area contributed by atoms with E-state index in [1.54, 1.807) is 6.92 Å². The Morgan fingerprint density at radius 2 is 2.00 bits per heavy atom. The quantitative estimate of drug-likeness (QED) is 0.907. The number of hydrogen-bond donors (Lipinski definition) is 1. The first-order valence-corrected chi connectivity index (χ1v) is 9.72. The highest BCUT2D eigenvalue weighted by Gasteiger charge is 2.37. The number of carbonyl (C=O) groups excluding carboxylic acids is 2. The predicted octanol–water partition coefficient (Wildman–Crippen LogP) is 1.69. The maximum absolute atomic E-state index is 12.9. The van der Waals surface area contributed by atoms with E-state index in [2.05, 4.69) is 15.1 Å². The molecule has 0 radical (unpaired) electrons. The number of piperidine rings is 1. The second-order valence-electron chi connectivity index (χ2n) is 7.90. The SMILES string of the molecule is CC(=O)N1C[C@@H]2CC[C@H](C1)N(C(=O)CCc1n[nH]c3c1CCCC3)C2. The predicted molar refractivity (Wildman–Crippen MR) is 94.0 cm³/mol. The van der Waals surface area contributed by atoms with Gasteiger partial charge in [0.2, 0.25) is 11.8 Å². The third kappa shape index (κ3) is 3.31. The minimum atomic E-state index is 0.134. The molecule has 0 unspecified atom stereocenters. The molecular weight excluding hydrogens is 316 g/mol. The van der Waals surface area contributed by atoms with Crippen molar-refractivity contribution >= 4 is 11.8 Å². The normalized spacial score (nSPS) is 25.6. The number of aromatic nitrogens is 2. The van der Waals surface area contributed by atoms with Crippen LogP contribution in [0.25, 0.3) is 0 Å². The van der Waals surface area contributed by atoms with E-state index >= 15 is 0 Å². The highest BCUT2D eigenvalue weighted by molar-refractivity contribution is 5.78. The molecule has 136 valence electrons. The van der Waals surface area contributed by atoms with Gasteiger partial charge in [0.15, 0.2) is 0 Å². The largest absolute Gasteiger partial charge is 0.341 e. The summed E-state index contributed by atoms with van der Waals surface area (Å²) in [6.45, 7) is 3.96. The average molecular weight is 344 g/mol. The van der Waals surface area contributed by atoms with Gasteiger partial charge in [-0.2, -0.15) is 5.10 Å². The van der Waals surface area contributed by atoms with Crippen LogP contribution in [0.3, 0.4) is 0 Å². The van der Waals surface area contributed by atoms with E-state index in [1.807, 2.05) is 4.90 Å². The fraction of sp³-hybridized carbons (Fsp3) is 0.737. The Labute approximate surface area is 148 Å². The van der Waals surface area contributed by atoms with E-state index in [9.17, 15) is 9.59 Å². The zero-order valence-corrected chi connectivity index (χ0v) is 15.1. The number of aromatic amines is 1. The topological polar surface area (TPSA) is 69.3 Å². The van der Waals surface area contributed by atoms with Crippen molar-refractivity contribution in [2.75, 3.05) is 19.6 Å². The summed E-state index contributed by atoms with van der Waals surface area (Å²) in [5, 5.41) is 7.63. The molecule has 2 atom stereocenters. The molecule has 1 aromatic rings. The molecule has 6 heteroatoms. The summed E-state index contributed by atoms with van der Waals surface area (Å²) in [5.74, 6) is 0.798. The number of rotatable bonds is 3. The minimum absolute atomic E-state index is 0.134. The highest BCUT2D eigenvalue weighted by Crippen LogP contribution is 2.29. The summed E-state index contributed by atoms with van der Waals surface area (Å²) in [6, 6.07) is 0.197. The highest BCUT2D eigenvalue weighted by atomic mass is 16.2. The maximum atomic E-state index is 12.9. The molecule has 6 nitrogen and oxygen atoms in total. The minimum Gasteiger partial charge on any atom is -0.341 e. The zero-order chi connectivity index (χ0) is 17.4. The van der Waals surface area contributed by atoms with Crippen LogP contribution >= 0.6 is 0 Å². The molecule has 0 spiro atoms. The smallest absolute Gasteiger partial charge is 0.223 e. The average Bonchev–Trinajstić information content (AvgIpc) is 2.79. The Kier molecular flexibility index (Phi) is 4.52. The lowest BCUT2D eigenvalue weighted by Gasteiger charge is -2.36. The maximum Gasteiger partial charge on any atom is 0.223 e. The molecule has 5 rings (SSSR count). The molecule has 1 N–H and O–H groups in total. The van der Waals surface area contributed by atoms with Gasteiger partial charge >= 0.3 is 0 Å². The van der Waals surface area contributed by atoms with Gasteiger partial charge in [0.25, 0.3) is 0 Å². The van der Waals surface area contributed by atoms with Crippen molar-refractivity contribution in [2.24, 2.45) is 5.92 Å². The summed E-state index contributed by atoms with van der Waals surface area (Å²) in [5.41, 5.74) is 3.73. The van der Waals surface area contributed by atoms with Crippen LogP contribution in [0.5, 0.6) is 0 Å². The Bertz CT molecular complexity index is 668. The third-order valence-corrected chi connectivity index (χ3v) is 6.20. The molecule has 2 bridgehead atoms. The van der Waals surface area contributed by atoms with Gasteiger partial charge in [-0.1, -0.05) is 0 Å². The van der Waals surface area contributed by atoms with Crippen molar-refractivity contribution in [3.63, 3.8) is 0 Å². The molecule has 0 saturated carbocycles. The van der Waals surface area contributed by atoms with Crippen LogP contribution in [0, 0.1) is 5.92 Å². The molecule has 0 aromatic carbocycles. The van der Waals surface area contributed by atoms with Gasteiger partial charge in [0, 0.05) is 51.1 Å². The van der Waals surface area contributed by atoms with Crippen molar-refractivity contribution in [1.82, 2.24) is 20.0 Å². The lowest BCUT2D eigenvalue weighted by atomic mass is 9.93. The second-order valence-corrected chi connectivity index (χ2v) is 7.90. The number of nitrogens with one attached hydrogen (secondary N) is 1. The van der Waals surface area contributed by atoms with Crippen LogP contribution in [0.15, 0.2) is 0 Å². The van der Waals surface area contributed by atoms with E-state index in [1.165, 1.54) is 24.1 Å². The molecule has 1 aliphatic carbocycles. The number of fused-ring (bicyclic) bond motifs is 5. The molecule has 1 aromatic heterocycles. The summed E-state index contributed by atoms with van der Waals surface area (Å²) in [7, 11) is 0. The molecule has 3 fully saturated rings. The lowest BCUT2D eigenvalue weighted by Crippen LogP contribution is -2.47. The Morgan fingerprint density at radius 3 is 2.84 bits per heavy atom. The van der Waals surface area contributed by atoms with Crippen LogP contribution < -0.4 is 0 Å². The van der Waals surface area contributed by atoms with Crippen LogP contribution in [0.2, 0.25) is 0 Å². The summed E-state index contributed by atoms with van der Waals surface area (Å²) < 4.78 is 0. The van der Waals surface area contributed by atoms with E-state index in [-0.39, 0.29) is 17.9 Å². The number of H-pyrrole nitrogens is 1. The van der Waals surface area contributed by atoms with Gasteiger partial charge < -0.3 is 9.80 Å². The van der Waals surface area contributed by atoms with E-state index in [4.69, 9.17) is 0 Å². The van der Waals surface area contributed by atoms with E-state index < -0.39 is 0 Å². The van der Waals surface area contributed by atoms with Gasteiger partial charge in [0.1, 0.15) is 0 Å². The first-order valence-electron chi connectivity index (χ1n) is 9.72. The number of nitrogens with zero attached hydrogens (tertiary/aromatic N) is 3. The van der Waals surface area contributed by atoms with Gasteiger partial charge in [0.05, 0.1) is 5.69 Å². The summed E-state index contributed by atoms with van der Waals surface area (Å²) in [6.07, 6.45) is 8.06. The van der Waals surface area contributed by atoms with Gasteiger partial charge in [-0.25, -0.2) is 0 Å². The third-order valence-electron chi connectivity index (χ3n) is 6.20. The van der Waals surface area contributed by atoms with Gasteiger partial charge in [-0.3, -0.25) is 14.7 Å². The van der Waals surface area contributed by atoms with Crippen molar-refractivity contribution in [3.05, 3.63) is 17.0 Å². The molecule has 3 saturated heterocycles. The Balaban J connectivity index is 1.40. The van der Waals surface area contributed by atoms with Crippen molar-refractivity contribution in [1.29, 1.82) is 0 Å². The number of carbonyl (C=O) groups is 2. The van der Waals surface area contributed by atoms with Crippen molar-refractivity contribution < 1.29 is 9.59 Å². The van der Waals surface area contributed by atoms with E-state index in [0.717, 1.165) is 50.9 Å². The van der Waals surface area contributed by atoms with Crippen LogP contribution in [0.1, 0.15) is 56.0 Å². The molecule has 4 heterocycles. The molecule has 25 heavy (non-hydrogen) atoms. The molecule has 3 aliphatic heterocycles. The van der Waals surface area contributed by atoms with Crippen LogP contribution in [-0.4, -0.2) is 57.5 Å². The molecular formula is C19H28N4O2. The number of amides is 2. The second kappa shape index (κ2) is 6.81. The fourth-order valence-corrected chi connectivity index (χ4v) is 4.77. The standard InChI is InChI=1S/C19H28N4O2/c1-13(24)22-10-14-6-7-15(12-22)23(11-14)19(25)9-8-18-16-4-2-3-5-17(16)20-21-18/h14-15H,2-12H2,1H3,(H,20,21)/t14-,15+/m0/s1. The Morgan fingerprint density at radius 1 is 1.16 bits per heavy atom. The zero-order valence-electron chi connectivity index (χ0n) is 15.1. The van der Waals surface area contributed by atoms with Crippen molar-refractivity contribution in [2.45, 2.75) is 64.3 Å². The fourth-order valence-electron chi connectivity index (χ4n) is 4.77. The number of aryl methyl sites for hydroxylation is 2. The first kappa shape index (κ1) is 16.6. The van der Waals surface area contributed by atoms with Crippen LogP contribution in [0.4, 0.5) is 0 Å². The monoisotopic (exact) mass is 344 g/mol.